The zero-order valence-electron chi connectivity index (χ0n) is 11.3. The van der Waals surface area contributed by atoms with Crippen LogP contribution in [0.25, 0.3) is 10.9 Å². The van der Waals surface area contributed by atoms with E-state index in [0.717, 1.165) is 11.1 Å². The molecule has 0 spiro atoms. The Labute approximate surface area is 113 Å². The van der Waals surface area contributed by atoms with Crippen LogP contribution in [0.3, 0.4) is 0 Å². The SMILES string of the molecule is CCCOCCn1nc(C(=O)O)c2c(C)onc2c1=O. The standard InChI is InChI=1S/C12H15N3O5/c1-3-5-19-6-4-15-11(16)9-8(7(2)20-14-9)10(13-15)12(17)18/h3-6H2,1-2H3,(H,17,18). The number of nitrogens with zero attached hydrogens (tertiary/aromatic N) is 3. The van der Waals surface area contributed by atoms with E-state index in [9.17, 15) is 14.7 Å². The average molecular weight is 281 g/mol. The normalized spacial score (nSPS) is 11.1. The lowest BCUT2D eigenvalue weighted by Crippen LogP contribution is -2.27. The molecule has 0 aliphatic rings. The van der Waals surface area contributed by atoms with Crippen molar-refractivity contribution in [1.82, 2.24) is 14.9 Å². The first kappa shape index (κ1) is 14.2. The number of fused-ring (bicyclic) bond motifs is 1. The molecule has 0 aliphatic carbocycles. The van der Waals surface area contributed by atoms with Crippen LogP contribution in [-0.4, -0.2) is 39.2 Å². The molecule has 108 valence electrons. The quantitative estimate of drug-likeness (QED) is 0.781. The van der Waals surface area contributed by atoms with Gasteiger partial charge < -0.3 is 14.4 Å². The highest BCUT2D eigenvalue weighted by atomic mass is 16.5. The lowest BCUT2D eigenvalue weighted by Gasteiger charge is -2.06. The van der Waals surface area contributed by atoms with E-state index in [0.29, 0.717) is 6.61 Å². The molecule has 0 bridgehead atoms. The fraction of sp³-hybridized carbons (Fsp3) is 0.500. The second kappa shape index (κ2) is 5.83. The van der Waals surface area contributed by atoms with Gasteiger partial charge >= 0.3 is 5.97 Å². The minimum absolute atomic E-state index is 0.0228. The first-order valence-electron chi connectivity index (χ1n) is 6.24. The van der Waals surface area contributed by atoms with Crippen molar-refractivity contribution in [2.24, 2.45) is 0 Å². The molecule has 8 nitrogen and oxygen atoms in total. The second-order valence-electron chi connectivity index (χ2n) is 4.26. The molecule has 0 fully saturated rings. The van der Waals surface area contributed by atoms with Crippen LogP contribution in [0.5, 0.6) is 0 Å². The van der Waals surface area contributed by atoms with Crippen molar-refractivity contribution in [3.05, 3.63) is 21.8 Å². The number of hydrogen-bond donors (Lipinski definition) is 1. The van der Waals surface area contributed by atoms with Crippen molar-refractivity contribution in [3.63, 3.8) is 0 Å². The molecule has 2 aromatic heterocycles. The number of aromatic nitrogens is 3. The fourth-order valence-corrected chi connectivity index (χ4v) is 1.83. The molecule has 0 aliphatic heterocycles. The number of carboxylic acid groups (broad SMARTS) is 1. The Kier molecular flexibility index (Phi) is 4.14. The minimum Gasteiger partial charge on any atom is -0.476 e. The van der Waals surface area contributed by atoms with Gasteiger partial charge in [-0.3, -0.25) is 4.79 Å². The number of aryl methyl sites for hydroxylation is 1. The molecule has 0 amide bonds. The molecule has 0 saturated heterocycles. The lowest BCUT2D eigenvalue weighted by molar-refractivity contribution is 0.0688. The lowest BCUT2D eigenvalue weighted by atomic mass is 10.2. The molecule has 0 unspecified atom stereocenters. The van der Waals surface area contributed by atoms with Gasteiger partial charge in [-0.05, 0) is 13.3 Å². The van der Waals surface area contributed by atoms with Crippen LogP contribution in [0.4, 0.5) is 0 Å². The second-order valence-corrected chi connectivity index (χ2v) is 4.26. The molecule has 0 radical (unpaired) electrons. The van der Waals surface area contributed by atoms with E-state index in [2.05, 4.69) is 10.3 Å². The summed E-state index contributed by atoms with van der Waals surface area (Å²) in [5, 5.41) is 16.8. The minimum atomic E-state index is -1.23. The van der Waals surface area contributed by atoms with Crippen molar-refractivity contribution in [2.75, 3.05) is 13.2 Å². The van der Waals surface area contributed by atoms with Crippen molar-refractivity contribution < 1.29 is 19.2 Å². The number of ether oxygens (including phenoxy) is 1. The third-order valence-corrected chi connectivity index (χ3v) is 2.76. The van der Waals surface area contributed by atoms with Crippen LogP contribution >= 0.6 is 0 Å². The Balaban J connectivity index is 2.43. The number of rotatable bonds is 6. The maximum atomic E-state index is 12.1. The Morgan fingerprint density at radius 2 is 2.20 bits per heavy atom. The Bertz CT molecular complexity index is 688. The number of aromatic carboxylic acids is 1. The predicted molar refractivity (Wildman–Crippen MR) is 68.9 cm³/mol. The summed E-state index contributed by atoms with van der Waals surface area (Å²) in [6, 6.07) is 0. The molecular weight excluding hydrogens is 266 g/mol. The molecular formula is C12H15N3O5. The van der Waals surface area contributed by atoms with Gasteiger partial charge in [0.2, 0.25) is 0 Å². The Morgan fingerprint density at radius 1 is 1.45 bits per heavy atom. The number of carboxylic acids is 1. The summed E-state index contributed by atoms with van der Waals surface area (Å²) < 4.78 is 11.2. The van der Waals surface area contributed by atoms with Gasteiger partial charge in [0.1, 0.15) is 5.76 Å². The summed E-state index contributed by atoms with van der Waals surface area (Å²) in [4.78, 5) is 23.3. The monoisotopic (exact) mass is 281 g/mol. The van der Waals surface area contributed by atoms with Crippen molar-refractivity contribution >= 4 is 16.9 Å². The summed E-state index contributed by atoms with van der Waals surface area (Å²) in [5.41, 5.74) is -0.749. The van der Waals surface area contributed by atoms with E-state index in [4.69, 9.17) is 9.26 Å². The van der Waals surface area contributed by atoms with Gasteiger partial charge in [0, 0.05) is 6.61 Å². The molecule has 0 saturated carbocycles. The summed E-state index contributed by atoms with van der Waals surface area (Å²) in [5.74, 6) is -0.971. The third kappa shape index (κ3) is 2.55. The zero-order chi connectivity index (χ0) is 14.7. The van der Waals surface area contributed by atoms with E-state index in [1.165, 1.54) is 6.92 Å². The summed E-state index contributed by atoms with van der Waals surface area (Å²) in [6.45, 7) is 4.53. The van der Waals surface area contributed by atoms with Crippen molar-refractivity contribution in [2.45, 2.75) is 26.8 Å². The van der Waals surface area contributed by atoms with Crippen molar-refractivity contribution in [1.29, 1.82) is 0 Å². The van der Waals surface area contributed by atoms with E-state index in [1.54, 1.807) is 0 Å². The number of hydrogen-bond acceptors (Lipinski definition) is 6. The molecule has 20 heavy (non-hydrogen) atoms. The van der Waals surface area contributed by atoms with E-state index in [1.807, 2.05) is 6.92 Å². The van der Waals surface area contributed by atoms with E-state index >= 15 is 0 Å². The highest BCUT2D eigenvalue weighted by molar-refractivity contribution is 6.00. The topological polar surface area (TPSA) is 107 Å². The smallest absolute Gasteiger partial charge is 0.357 e. The average Bonchev–Trinajstić information content (AvgIpc) is 2.79. The molecule has 2 heterocycles. The summed E-state index contributed by atoms with van der Waals surface area (Å²) in [7, 11) is 0. The third-order valence-electron chi connectivity index (χ3n) is 2.76. The van der Waals surface area contributed by atoms with Crippen molar-refractivity contribution in [3.8, 4) is 0 Å². The van der Waals surface area contributed by atoms with Crippen LogP contribution in [0.2, 0.25) is 0 Å². The van der Waals surface area contributed by atoms with E-state index < -0.39 is 11.5 Å². The summed E-state index contributed by atoms with van der Waals surface area (Å²) >= 11 is 0. The highest BCUT2D eigenvalue weighted by Gasteiger charge is 2.21. The van der Waals surface area contributed by atoms with Gasteiger partial charge in [-0.1, -0.05) is 12.1 Å². The molecule has 1 N–H and O–H groups in total. The Morgan fingerprint density at radius 3 is 2.85 bits per heavy atom. The molecule has 0 atom stereocenters. The fourth-order valence-electron chi connectivity index (χ4n) is 1.83. The maximum absolute atomic E-state index is 12.1. The number of carbonyl (C=O) groups is 1. The maximum Gasteiger partial charge on any atom is 0.357 e. The van der Waals surface area contributed by atoms with Gasteiger partial charge in [0.05, 0.1) is 18.5 Å². The molecule has 2 aromatic rings. The largest absolute Gasteiger partial charge is 0.476 e. The highest BCUT2D eigenvalue weighted by Crippen LogP contribution is 2.17. The van der Waals surface area contributed by atoms with Crippen LogP contribution in [0, 0.1) is 6.92 Å². The van der Waals surface area contributed by atoms with Crippen LogP contribution in [-0.2, 0) is 11.3 Å². The summed E-state index contributed by atoms with van der Waals surface area (Å²) in [6.07, 6.45) is 0.865. The van der Waals surface area contributed by atoms with Crippen LogP contribution in [0.15, 0.2) is 9.32 Å². The molecule has 2 rings (SSSR count). The first-order valence-corrected chi connectivity index (χ1v) is 6.24. The van der Waals surface area contributed by atoms with Gasteiger partial charge in [0.25, 0.3) is 5.56 Å². The van der Waals surface area contributed by atoms with Gasteiger partial charge in [-0.25, -0.2) is 9.48 Å². The van der Waals surface area contributed by atoms with Crippen LogP contribution < -0.4 is 5.56 Å². The van der Waals surface area contributed by atoms with Crippen LogP contribution in [0.1, 0.15) is 29.6 Å². The van der Waals surface area contributed by atoms with Gasteiger partial charge in [0.15, 0.2) is 11.2 Å². The van der Waals surface area contributed by atoms with E-state index in [-0.39, 0.29) is 35.5 Å². The van der Waals surface area contributed by atoms with Gasteiger partial charge in [-0.15, -0.1) is 0 Å². The molecule has 0 aromatic carbocycles. The Hall–Kier alpha value is -2.22. The van der Waals surface area contributed by atoms with Gasteiger partial charge in [-0.2, -0.15) is 5.10 Å². The first-order chi connectivity index (χ1) is 9.56. The zero-order valence-corrected chi connectivity index (χ0v) is 11.3. The molecule has 8 heteroatoms. The predicted octanol–water partition coefficient (Wildman–Crippen LogP) is 0.818.